The molecular weight excluding hydrogens is 384 g/mol. The molecule has 2 fully saturated rings. The smallest absolute Gasteiger partial charge is 0.229 e. The van der Waals surface area contributed by atoms with E-state index < -0.39 is 0 Å². The van der Waals surface area contributed by atoms with Crippen molar-refractivity contribution in [1.82, 2.24) is 8.97 Å². The summed E-state index contributed by atoms with van der Waals surface area (Å²) in [5, 5.41) is 0. The normalized spacial score (nSPS) is 24.2. The Kier molecular flexibility index (Phi) is 3.35. The zero-order valence-electron chi connectivity index (χ0n) is 16.8. The fourth-order valence-corrected chi connectivity index (χ4v) is 5.91. The van der Waals surface area contributed by atoms with Gasteiger partial charge in [-0.15, -0.1) is 0 Å². The Morgan fingerprint density at radius 1 is 0.767 bits per heavy atom. The number of fused-ring (bicyclic) bond motifs is 6. The molecule has 2 aromatic carbocycles. The predicted molar refractivity (Wildman–Crippen MR) is 111 cm³/mol. The zero-order valence-corrected chi connectivity index (χ0v) is 16.8. The van der Waals surface area contributed by atoms with Crippen LogP contribution in [0.25, 0.3) is 11.1 Å². The highest BCUT2D eigenvalue weighted by molar-refractivity contribution is 6.26. The summed E-state index contributed by atoms with van der Waals surface area (Å²) in [6.45, 7) is 7.20. The van der Waals surface area contributed by atoms with Gasteiger partial charge in [0, 0.05) is 11.1 Å². The molecule has 0 atom stereocenters. The first-order valence-corrected chi connectivity index (χ1v) is 10.8. The minimum Gasteiger partial charge on any atom is -0.438 e. The molecule has 0 unspecified atom stereocenters. The van der Waals surface area contributed by atoms with Crippen molar-refractivity contribution in [3.63, 3.8) is 0 Å². The Morgan fingerprint density at radius 2 is 1.47 bits per heavy atom. The first kappa shape index (κ1) is 17.3. The van der Waals surface area contributed by atoms with Crippen LogP contribution in [-0.2, 0) is 9.47 Å². The summed E-state index contributed by atoms with van der Waals surface area (Å²) in [7, 11) is 0. The van der Waals surface area contributed by atoms with Gasteiger partial charge in [-0.2, -0.15) is 0 Å². The number of quaternary nitrogens is 2. The maximum absolute atomic E-state index is 13.6. The average molecular weight is 408 g/mol. The fraction of sp³-hybridized carbons (Fsp3) is 0.435. The summed E-state index contributed by atoms with van der Waals surface area (Å²) in [5.41, 5.74) is 5.74. The quantitative estimate of drug-likeness (QED) is 0.534. The highest BCUT2D eigenvalue weighted by Crippen LogP contribution is 2.58. The first-order chi connectivity index (χ1) is 14.7. The van der Waals surface area contributed by atoms with E-state index in [0.29, 0.717) is 48.9 Å². The number of hydrogen-bond acceptors (Lipinski definition) is 5. The Hall–Kier alpha value is -2.45. The Labute approximate surface area is 174 Å². The van der Waals surface area contributed by atoms with Crippen molar-refractivity contribution in [3.8, 4) is 22.6 Å². The van der Waals surface area contributed by atoms with Crippen LogP contribution in [0.4, 0.5) is 11.4 Å². The second-order valence-electron chi connectivity index (χ2n) is 8.96. The molecule has 0 aromatic heterocycles. The minimum absolute atomic E-state index is 0.0752. The highest BCUT2D eigenvalue weighted by Gasteiger charge is 2.52. The monoisotopic (exact) mass is 408 g/mol. The molecule has 2 bridgehead atoms. The topological polar surface area (TPSA) is 54.0 Å². The van der Waals surface area contributed by atoms with Gasteiger partial charge < -0.3 is 18.9 Å². The molecule has 7 rings (SSSR count). The number of hydrogen-bond donors (Lipinski definition) is 0. The van der Waals surface area contributed by atoms with Crippen LogP contribution in [0, 0.1) is 0 Å². The third-order valence-corrected chi connectivity index (χ3v) is 7.57. The summed E-state index contributed by atoms with van der Waals surface area (Å²) in [6.07, 6.45) is 0. The number of benzene rings is 2. The number of carbonyl (C=O) groups is 1. The van der Waals surface area contributed by atoms with Crippen molar-refractivity contribution in [1.29, 1.82) is 0 Å². The lowest BCUT2D eigenvalue weighted by molar-refractivity contribution is 0.00545. The molecular formula is C23H24N2O5+2. The SMILES string of the molecule is O=C1c2cccc3c2-c2cc(c4c(c21)OC[N+]41CCOCC1)OC[N+]31CCOCC1. The third-order valence-electron chi connectivity index (χ3n) is 7.57. The summed E-state index contributed by atoms with van der Waals surface area (Å²) in [4.78, 5) is 13.6. The van der Waals surface area contributed by atoms with Gasteiger partial charge in [-0.25, -0.2) is 4.48 Å². The number of nitrogens with zero attached hydrogens (tertiary/aromatic N) is 2. The summed E-state index contributed by atoms with van der Waals surface area (Å²) < 4.78 is 25.6. The second kappa shape index (κ2) is 5.82. The van der Waals surface area contributed by atoms with E-state index in [1.54, 1.807) is 0 Å². The molecule has 0 radical (unpaired) electrons. The lowest BCUT2D eigenvalue weighted by Crippen LogP contribution is -2.59. The van der Waals surface area contributed by atoms with Gasteiger partial charge in [0.15, 0.2) is 11.5 Å². The van der Waals surface area contributed by atoms with Gasteiger partial charge in [-0.05, 0) is 18.2 Å². The van der Waals surface area contributed by atoms with Crippen LogP contribution >= 0.6 is 0 Å². The number of ether oxygens (including phenoxy) is 4. The Morgan fingerprint density at radius 3 is 2.23 bits per heavy atom. The van der Waals surface area contributed by atoms with E-state index >= 15 is 0 Å². The average Bonchev–Trinajstić information content (AvgIpc) is 3.28. The molecule has 4 heterocycles. The molecule has 0 N–H and O–H groups in total. The number of rotatable bonds is 0. The van der Waals surface area contributed by atoms with E-state index in [0.717, 1.165) is 65.6 Å². The van der Waals surface area contributed by atoms with E-state index in [1.807, 2.05) is 12.1 Å². The maximum Gasteiger partial charge on any atom is 0.229 e. The molecule has 1 aliphatic carbocycles. The maximum atomic E-state index is 13.6. The number of carbonyl (C=O) groups excluding carboxylic acids is 1. The van der Waals surface area contributed by atoms with Crippen molar-refractivity contribution in [2.75, 3.05) is 66.1 Å². The summed E-state index contributed by atoms with van der Waals surface area (Å²) in [6, 6.07) is 8.22. The molecule has 4 aliphatic heterocycles. The van der Waals surface area contributed by atoms with Crippen molar-refractivity contribution in [3.05, 3.63) is 35.4 Å². The molecule has 7 heteroatoms. The fourth-order valence-electron chi connectivity index (χ4n) is 5.91. The van der Waals surface area contributed by atoms with Crippen LogP contribution in [0.3, 0.4) is 0 Å². The number of morpholine rings is 2. The molecule has 2 spiro atoms. The molecule has 2 saturated heterocycles. The van der Waals surface area contributed by atoms with Gasteiger partial charge in [-0.1, -0.05) is 6.07 Å². The van der Waals surface area contributed by atoms with Crippen LogP contribution in [-0.4, -0.2) is 71.9 Å². The Balaban J connectivity index is 1.52. The van der Waals surface area contributed by atoms with Crippen molar-refractivity contribution < 1.29 is 23.7 Å². The van der Waals surface area contributed by atoms with E-state index in [-0.39, 0.29) is 5.78 Å². The van der Waals surface area contributed by atoms with Crippen molar-refractivity contribution in [2.24, 2.45) is 0 Å². The second-order valence-corrected chi connectivity index (χ2v) is 8.96. The third kappa shape index (κ3) is 2.01. The van der Waals surface area contributed by atoms with Crippen LogP contribution < -0.4 is 18.4 Å². The molecule has 154 valence electrons. The van der Waals surface area contributed by atoms with Crippen LogP contribution in [0.5, 0.6) is 11.5 Å². The van der Waals surface area contributed by atoms with Crippen LogP contribution in [0.2, 0.25) is 0 Å². The molecule has 2 aromatic rings. The lowest BCUT2D eigenvalue weighted by atomic mass is 9.98. The van der Waals surface area contributed by atoms with E-state index in [4.69, 9.17) is 18.9 Å². The van der Waals surface area contributed by atoms with Gasteiger partial charge in [0.05, 0.1) is 37.6 Å². The van der Waals surface area contributed by atoms with Gasteiger partial charge in [-0.3, -0.25) is 9.28 Å². The lowest BCUT2D eigenvalue weighted by Gasteiger charge is -2.42. The standard InChI is InChI=1S/C23H24N2O5/c26-22-15-2-1-3-17-19(15)16-12-18(29-13-24(17)4-8-27-9-5-24)21-23(20(16)22)30-14-25(21)6-10-28-11-7-25/h1-3,12H,4-11,13-14H2/q+2. The van der Waals surface area contributed by atoms with E-state index in [9.17, 15) is 4.79 Å². The summed E-state index contributed by atoms with van der Waals surface area (Å²) in [5.74, 6) is 1.67. The molecule has 0 saturated carbocycles. The minimum atomic E-state index is 0.0752. The Bertz CT molecular complexity index is 1100. The van der Waals surface area contributed by atoms with Gasteiger partial charge in [0.1, 0.15) is 31.9 Å². The van der Waals surface area contributed by atoms with Crippen molar-refractivity contribution in [2.45, 2.75) is 0 Å². The zero-order chi connectivity index (χ0) is 19.9. The van der Waals surface area contributed by atoms with Crippen LogP contribution in [0.15, 0.2) is 24.3 Å². The highest BCUT2D eigenvalue weighted by atomic mass is 16.5. The molecule has 0 amide bonds. The molecule has 7 nitrogen and oxygen atoms in total. The molecule has 30 heavy (non-hydrogen) atoms. The predicted octanol–water partition coefficient (Wildman–Crippen LogP) is 2.27. The number of ketones is 1. The first-order valence-electron chi connectivity index (χ1n) is 10.8. The largest absolute Gasteiger partial charge is 0.438 e. The van der Waals surface area contributed by atoms with Gasteiger partial charge in [0.2, 0.25) is 24.9 Å². The summed E-state index contributed by atoms with van der Waals surface area (Å²) >= 11 is 0. The molecule has 5 aliphatic rings. The van der Waals surface area contributed by atoms with Crippen LogP contribution in [0.1, 0.15) is 15.9 Å². The van der Waals surface area contributed by atoms with E-state index in [2.05, 4.69) is 12.1 Å². The van der Waals surface area contributed by atoms with Crippen molar-refractivity contribution >= 4 is 17.2 Å². The van der Waals surface area contributed by atoms with Gasteiger partial charge >= 0.3 is 0 Å². The van der Waals surface area contributed by atoms with Gasteiger partial charge in [0.25, 0.3) is 0 Å². The van der Waals surface area contributed by atoms with E-state index in [1.165, 1.54) is 5.69 Å².